The van der Waals surface area contributed by atoms with Gasteiger partial charge in [-0.1, -0.05) is 17.8 Å². The molecule has 29 heavy (non-hydrogen) atoms. The molecule has 7 nitrogen and oxygen atoms in total. The molecule has 0 atom stereocenters. The lowest BCUT2D eigenvalue weighted by molar-refractivity contribution is -0.113. The number of ether oxygens (including phenoxy) is 2. The van der Waals surface area contributed by atoms with E-state index < -0.39 is 0 Å². The van der Waals surface area contributed by atoms with Crippen LogP contribution < -0.4 is 14.8 Å². The number of carbonyl (C=O) groups excluding carboxylic acids is 1. The van der Waals surface area contributed by atoms with Gasteiger partial charge in [-0.25, -0.2) is 0 Å². The van der Waals surface area contributed by atoms with Crippen molar-refractivity contribution in [2.75, 3.05) is 25.3 Å². The fourth-order valence-corrected chi connectivity index (χ4v) is 3.75. The predicted molar refractivity (Wildman–Crippen MR) is 115 cm³/mol. The van der Waals surface area contributed by atoms with Crippen molar-refractivity contribution in [3.05, 3.63) is 47.5 Å². The molecular formula is C21H24N4O3S. The number of anilines is 1. The van der Waals surface area contributed by atoms with Gasteiger partial charge < -0.3 is 19.4 Å². The van der Waals surface area contributed by atoms with E-state index in [0.717, 1.165) is 22.4 Å². The molecule has 1 amide bonds. The Morgan fingerprint density at radius 2 is 1.72 bits per heavy atom. The Balaban J connectivity index is 1.69. The van der Waals surface area contributed by atoms with Gasteiger partial charge in [-0.15, -0.1) is 10.2 Å². The minimum absolute atomic E-state index is 0.0873. The van der Waals surface area contributed by atoms with E-state index >= 15 is 0 Å². The van der Waals surface area contributed by atoms with Crippen LogP contribution in [0.1, 0.15) is 11.1 Å². The van der Waals surface area contributed by atoms with Crippen molar-refractivity contribution in [1.29, 1.82) is 0 Å². The van der Waals surface area contributed by atoms with Crippen LogP contribution in [0.5, 0.6) is 11.5 Å². The van der Waals surface area contributed by atoms with E-state index in [1.165, 1.54) is 11.8 Å². The van der Waals surface area contributed by atoms with Gasteiger partial charge in [-0.05, 0) is 55.3 Å². The minimum Gasteiger partial charge on any atom is -0.493 e. The summed E-state index contributed by atoms with van der Waals surface area (Å²) >= 11 is 1.34. The van der Waals surface area contributed by atoms with Crippen LogP contribution in [-0.4, -0.2) is 40.6 Å². The zero-order valence-corrected chi connectivity index (χ0v) is 18.0. The molecule has 8 heteroatoms. The molecule has 0 fully saturated rings. The lowest BCUT2D eigenvalue weighted by Gasteiger charge is -2.10. The molecule has 0 spiro atoms. The quantitative estimate of drug-likeness (QED) is 0.594. The molecule has 0 bridgehead atoms. The monoisotopic (exact) mass is 412 g/mol. The van der Waals surface area contributed by atoms with Crippen LogP contribution in [0, 0.1) is 13.8 Å². The maximum absolute atomic E-state index is 12.3. The number of aryl methyl sites for hydroxylation is 2. The number of hydrogen-bond acceptors (Lipinski definition) is 6. The van der Waals surface area contributed by atoms with Crippen molar-refractivity contribution in [2.45, 2.75) is 19.0 Å². The van der Waals surface area contributed by atoms with Gasteiger partial charge in [-0.2, -0.15) is 0 Å². The maximum atomic E-state index is 12.3. The number of carbonyl (C=O) groups is 1. The van der Waals surface area contributed by atoms with E-state index in [-0.39, 0.29) is 11.7 Å². The summed E-state index contributed by atoms with van der Waals surface area (Å²) in [7, 11) is 5.06. The van der Waals surface area contributed by atoms with Crippen LogP contribution in [0.15, 0.2) is 41.6 Å². The highest BCUT2D eigenvalue weighted by Crippen LogP contribution is 2.32. The maximum Gasteiger partial charge on any atom is 0.234 e. The molecule has 0 radical (unpaired) electrons. The Labute approximate surface area is 174 Å². The Hall–Kier alpha value is -3.00. The number of amides is 1. The Morgan fingerprint density at radius 3 is 2.38 bits per heavy atom. The first-order valence-electron chi connectivity index (χ1n) is 9.04. The number of nitrogens with one attached hydrogen (secondary N) is 1. The summed E-state index contributed by atoms with van der Waals surface area (Å²) in [6.07, 6.45) is 0. The van der Waals surface area contributed by atoms with E-state index in [1.807, 2.05) is 55.8 Å². The van der Waals surface area contributed by atoms with Crippen LogP contribution >= 0.6 is 11.8 Å². The first-order chi connectivity index (χ1) is 13.9. The van der Waals surface area contributed by atoms with E-state index in [4.69, 9.17) is 9.47 Å². The number of aromatic nitrogens is 3. The zero-order valence-electron chi connectivity index (χ0n) is 17.1. The van der Waals surface area contributed by atoms with Crippen molar-refractivity contribution < 1.29 is 14.3 Å². The van der Waals surface area contributed by atoms with Gasteiger partial charge in [0.1, 0.15) is 0 Å². The molecule has 152 valence electrons. The van der Waals surface area contributed by atoms with Gasteiger partial charge in [0, 0.05) is 18.3 Å². The van der Waals surface area contributed by atoms with Gasteiger partial charge >= 0.3 is 0 Å². The standard InChI is InChI=1S/C21H24N4O3S/c1-13-8-14(2)10-16(9-13)22-19(26)12-29-21-24-23-20(25(21)3)15-6-7-17(27-4)18(11-15)28-5/h6-11H,12H2,1-5H3,(H,22,26). The molecule has 1 N–H and O–H groups in total. The first kappa shape index (κ1) is 20.7. The third-order valence-electron chi connectivity index (χ3n) is 4.31. The average Bonchev–Trinajstić information content (AvgIpc) is 3.05. The predicted octanol–water partition coefficient (Wildman–Crippen LogP) is 3.85. The van der Waals surface area contributed by atoms with E-state index in [9.17, 15) is 4.79 Å². The number of methoxy groups -OCH3 is 2. The average molecular weight is 413 g/mol. The van der Waals surface area contributed by atoms with E-state index in [1.54, 1.807) is 14.2 Å². The van der Waals surface area contributed by atoms with Crippen molar-refractivity contribution >= 4 is 23.4 Å². The summed E-state index contributed by atoms with van der Waals surface area (Å²) in [6.45, 7) is 4.01. The highest BCUT2D eigenvalue weighted by molar-refractivity contribution is 7.99. The summed E-state index contributed by atoms with van der Waals surface area (Å²) in [4.78, 5) is 12.3. The molecule has 0 saturated carbocycles. The zero-order chi connectivity index (χ0) is 21.0. The highest BCUT2D eigenvalue weighted by Gasteiger charge is 2.15. The first-order valence-corrected chi connectivity index (χ1v) is 10.0. The molecule has 3 aromatic rings. The van der Waals surface area contributed by atoms with Crippen LogP contribution in [0.25, 0.3) is 11.4 Å². The smallest absolute Gasteiger partial charge is 0.234 e. The number of hydrogen-bond donors (Lipinski definition) is 1. The van der Waals surface area contributed by atoms with Crippen LogP contribution in [-0.2, 0) is 11.8 Å². The molecular weight excluding hydrogens is 388 g/mol. The Bertz CT molecular complexity index is 1010. The molecule has 0 unspecified atom stereocenters. The molecule has 1 heterocycles. The lowest BCUT2D eigenvalue weighted by Crippen LogP contribution is -2.14. The second-order valence-corrected chi connectivity index (χ2v) is 7.59. The van der Waals surface area contributed by atoms with Crippen molar-refractivity contribution in [1.82, 2.24) is 14.8 Å². The number of benzene rings is 2. The van der Waals surface area contributed by atoms with Gasteiger partial charge in [-0.3, -0.25) is 4.79 Å². The lowest BCUT2D eigenvalue weighted by atomic mass is 10.1. The number of nitrogens with zero attached hydrogens (tertiary/aromatic N) is 3. The summed E-state index contributed by atoms with van der Waals surface area (Å²) in [5.74, 6) is 2.11. The molecule has 2 aromatic carbocycles. The molecule has 0 aliphatic rings. The third-order valence-corrected chi connectivity index (χ3v) is 5.33. The number of rotatable bonds is 7. The van der Waals surface area contributed by atoms with Crippen molar-refractivity contribution in [3.63, 3.8) is 0 Å². The largest absolute Gasteiger partial charge is 0.493 e. The van der Waals surface area contributed by atoms with E-state index in [0.29, 0.717) is 22.5 Å². The fourth-order valence-electron chi connectivity index (χ4n) is 3.04. The Kier molecular flexibility index (Phi) is 6.43. The SMILES string of the molecule is COc1ccc(-c2nnc(SCC(=O)Nc3cc(C)cc(C)c3)n2C)cc1OC. The van der Waals surface area contributed by atoms with Crippen LogP contribution in [0.2, 0.25) is 0 Å². The minimum atomic E-state index is -0.0873. The molecule has 1 aromatic heterocycles. The van der Waals surface area contributed by atoms with Crippen molar-refractivity contribution in [2.24, 2.45) is 7.05 Å². The molecule has 0 aliphatic heterocycles. The van der Waals surface area contributed by atoms with Crippen molar-refractivity contribution in [3.8, 4) is 22.9 Å². The number of thioether (sulfide) groups is 1. The highest BCUT2D eigenvalue weighted by atomic mass is 32.2. The summed E-state index contributed by atoms with van der Waals surface area (Å²) < 4.78 is 12.5. The Morgan fingerprint density at radius 1 is 1.03 bits per heavy atom. The molecule has 0 saturated heterocycles. The normalized spacial score (nSPS) is 10.7. The topological polar surface area (TPSA) is 78.3 Å². The van der Waals surface area contributed by atoms with Crippen LogP contribution in [0.3, 0.4) is 0 Å². The third kappa shape index (κ3) is 4.89. The fraction of sp³-hybridized carbons (Fsp3) is 0.286. The van der Waals surface area contributed by atoms with Gasteiger partial charge in [0.05, 0.1) is 20.0 Å². The second kappa shape index (κ2) is 9.00. The molecule has 0 aliphatic carbocycles. The second-order valence-electron chi connectivity index (χ2n) is 6.65. The summed E-state index contributed by atoms with van der Waals surface area (Å²) in [5, 5.41) is 12.1. The van der Waals surface area contributed by atoms with E-state index in [2.05, 4.69) is 21.6 Å². The van der Waals surface area contributed by atoms with Gasteiger partial charge in [0.15, 0.2) is 22.5 Å². The van der Waals surface area contributed by atoms with Gasteiger partial charge in [0.25, 0.3) is 0 Å². The summed E-state index contributed by atoms with van der Waals surface area (Å²) in [6, 6.07) is 11.5. The molecule has 3 rings (SSSR count). The van der Waals surface area contributed by atoms with Crippen LogP contribution in [0.4, 0.5) is 5.69 Å². The summed E-state index contributed by atoms with van der Waals surface area (Å²) in [5.41, 5.74) is 3.88. The van der Waals surface area contributed by atoms with Gasteiger partial charge in [0.2, 0.25) is 5.91 Å².